The Morgan fingerprint density at radius 1 is 1.24 bits per heavy atom. The first-order valence-corrected chi connectivity index (χ1v) is 6.42. The number of carbonyl (C=O) groups is 2. The molecular weight excluding hydrogens is 278 g/mol. The van der Waals surface area contributed by atoms with Crippen molar-refractivity contribution in [3.8, 4) is 0 Å². The number of hydrogen-bond acceptors (Lipinski definition) is 5. The van der Waals surface area contributed by atoms with E-state index in [0.29, 0.717) is 31.9 Å². The van der Waals surface area contributed by atoms with Gasteiger partial charge in [0.25, 0.3) is 5.69 Å². The Morgan fingerprint density at radius 2 is 1.86 bits per heavy atom. The Bertz CT molecular complexity index is 593. The van der Waals surface area contributed by atoms with Crippen molar-refractivity contribution < 1.29 is 19.6 Å². The van der Waals surface area contributed by atoms with Crippen LogP contribution in [0.3, 0.4) is 0 Å². The summed E-state index contributed by atoms with van der Waals surface area (Å²) >= 11 is 0. The normalized spacial score (nSPS) is 14.9. The molecule has 0 unspecified atom stereocenters. The minimum atomic E-state index is -1.13. The number of aromatic carboxylic acids is 1. The fourth-order valence-electron chi connectivity index (χ4n) is 2.34. The lowest BCUT2D eigenvalue weighted by molar-refractivity contribution is -0.384. The number of nitrogens with zero attached hydrogens (tertiary/aromatic N) is 3. The van der Waals surface area contributed by atoms with E-state index < -0.39 is 10.9 Å². The van der Waals surface area contributed by atoms with E-state index in [0.717, 1.165) is 0 Å². The first-order chi connectivity index (χ1) is 9.90. The van der Waals surface area contributed by atoms with Crippen LogP contribution in [0.1, 0.15) is 17.3 Å². The summed E-state index contributed by atoms with van der Waals surface area (Å²) in [5.41, 5.74) is 0.195. The predicted molar refractivity (Wildman–Crippen MR) is 74.5 cm³/mol. The van der Waals surface area contributed by atoms with Crippen LogP contribution in [-0.2, 0) is 4.79 Å². The summed E-state index contributed by atoms with van der Waals surface area (Å²) in [6.45, 7) is 3.31. The van der Waals surface area contributed by atoms with Crippen LogP contribution < -0.4 is 4.90 Å². The number of carboxylic acids is 1. The van der Waals surface area contributed by atoms with Crippen molar-refractivity contribution in [2.45, 2.75) is 6.92 Å². The lowest BCUT2D eigenvalue weighted by Gasteiger charge is -2.36. The first kappa shape index (κ1) is 14.8. The van der Waals surface area contributed by atoms with Gasteiger partial charge in [0.1, 0.15) is 0 Å². The number of carbonyl (C=O) groups excluding carboxylic acids is 1. The van der Waals surface area contributed by atoms with Crippen molar-refractivity contribution in [1.82, 2.24) is 4.90 Å². The van der Waals surface area contributed by atoms with Gasteiger partial charge in [-0.25, -0.2) is 4.79 Å². The number of anilines is 1. The van der Waals surface area contributed by atoms with E-state index in [2.05, 4.69) is 0 Å². The van der Waals surface area contributed by atoms with Crippen LogP contribution >= 0.6 is 0 Å². The van der Waals surface area contributed by atoms with Gasteiger partial charge in [-0.3, -0.25) is 14.9 Å². The van der Waals surface area contributed by atoms with Gasteiger partial charge in [-0.1, -0.05) is 0 Å². The topological polar surface area (TPSA) is 104 Å². The zero-order valence-corrected chi connectivity index (χ0v) is 11.5. The van der Waals surface area contributed by atoms with Gasteiger partial charge < -0.3 is 14.9 Å². The molecule has 1 aromatic rings. The number of amides is 1. The number of hydrogen-bond donors (Lipinski definition) is 1. The molecule has 1 saturated heterocycles. The van der Waals surface area contributed by atoms with Crippen molar-refractivity contribution in [3.63, 3.8) is 0 Å². The van der Waals surface area contributed by atoms with Crippen molar-refractivity contribution in [3.05, 3.63) is 33.9 Å². The van der Waals surface area contributed by atoms with Gasteiger partial charge in [-0.15, -0.1) is 0 Å². The summed E-state index contributed by atoms with van der Waals surface area (Å²) in [5, 5.41) is 20.1. The molecule has 1 heterocycles. The molecule has 21 heavy (non-hydrogen) atoms. The molecule has 1 aliphatic rings. The van der Waals surface area contributed by atoms with Crippen molar-refractivity contribution in [1.29, 1.82) is 0 Å². The van der Waals surface area contributed by atoms with Gasteiger partial charge >= 0.3 is 5.97 Å². The molecule has 0 aromatic heterocycles. The number of carboxylic acid groups (broad SMARTS) is 1. The summed E-state index contributed by atoms with van der Waals surface area (Å²) in [6.07, 6.45) is 0. The minimum Gasteiger partial charge on any atom is -0.478 e. The second kappa shape index (κ2) is 5.78. The van der Waals surface area contributed by atoms with Crippen molar-refractivity contribution >= 4 is 23.3 Å². The van der Waals surface area contributed by atoms with Crippen LogP contribution in [0, 0.1) is 10.1 Å². The van der Waals surface area contributed by atoms with Gasteiger partial charge in [0.05, 0.1) is 16.2 Å². The summed E-state index contributed by atoms with van der Waals surface area (Å²) in [7, 11) is 0. The van der Waals surface area contributed by atoms with Gasteiger partial charge in [-0.2, -0.15) is 0 Å². The maximum Gasteiger partial charge on any atom is 0.337 e. The highest BCUT2D eigenvalue weighted by Crippen LogP contribution is 2.27. The van der Waals surface area contributed by atoms with Gasteiger partial charge in [-0.05, 0) is 6.07 Å². The Balaban J connectivity index is 2.29. The lowest BCUT2D eigenvalue weighted by atomic mass is 10.1. The lowest BCUT2D eigenvalue weighted by Crippen LogP contribution is -2.48. The monoisotopic (exact) mass is 293 g/mol. The van der Waals surface area contributed by atoms with Crippen LogP contribution in [0.4, 0.5) is 11.4 Å². The maximum absolute atomic E-state index is 11.3. The molecule has 8 heteroatoms. The van der Waals surface area contributed by atoms with E-state index in [1.165, 1.54) is 25.1 Å². The molecular formula is C13H15N3O5. The van der Waals surface area contributed by atoms with Crippen LogP contribution in [0.2, 0.25) is 0 Å². The summed E-state index contributed by atoms with van der Waals surface area (Å²) in [4.78, 5) is 36.3. The zero-order valence-electron chi connectivity index (χ0n) is 11.5. The zero-order chi connectivity index (χ0) is 15.6. The van der Waals surface area contributed by atoms with E-state index in [1.807, 2.05) is 0 Å². The third-order valence-electron chi connectivity index (χ3n) is 3.49. The quantitative estimate of drug-likeness (QED) is 0.657. The first-order valence-electron chi connectivity index (χ1n) is 6.42. The molecule has 1 amide bonds. The average molecular weight is 293 g/mol. The van der Waals surface area contributed by atoms with E-state index in [9.17, 15) is 24.8 Å². The molecule has 0 saturated carbocycles. The molecule has 1 aliphatic heterocycles. The fourth-order valence-corrected chi connectivity index (χ4v) is 2.34. The molecule has 0 radical (unpaired) electrons. The van der Waals surface area contributed by atoms with Crippen molar-refractivity contribution in [2.24, 2.45) is 0 Å². The molecule has 0 atom stereocenters. The highest BCUT2D eigenvalue weighted by Gasteiger charge is 2.24. The highest BCUT2D eigenvalue weighted by atomic mass is 16.6. The number of nitro groups is 1. The van der Waals surface area contributed by atoms with Crippen LogP contribution in [0.5, 0.6) is 0 Å². The standard InChI is InChI=1S/C13H15N3O5/c1-9(17)14-4-6-15(7-5-14)12-8-10(16(20)21)2-3-11(12)13(18)19/h2-3,8H,4-7H2,1H3,(H,18,19). The molecule has 0 bridgehead atoms. The number of nitro benzene ring substituents is 1. The van der Waals surface area contributed by atoms with E-state index in [1.54, 1.807) is 9.80 Å². The molecule has 112 valence electrons. The second-order valence-corrected chi connectivity index (χ2v) is 4.76. The Morgan fingerprint density at radius 3 is 2.33 bits per heavy atom. The molecule has 0 aliphatic carbocycles. The van der Waals surface area contributed by atoms with E-state index >= 15 is 0 Å². The fraction of sp³-hybridized carbons (Fsp3) is 0.385. The van der Waals surface area contributed by atoms with Crippen LogP contribution in [0.15, 0.2) is 18.2 Å². The van der Waals surface area contributed by atoms with E-state index in [4.69, 9.17) is 0 Å². The SMILES string of the molecule is CC(=O)N1CCN(c2cc([N+](=O)[O-])ccc2C(=O)O)CC1. The Labute approximate surface area is 120 Å². The van der Waals surface area contributed by atoms with E-state index in [-0.39, 0.29) is 17.2 Å². The second-order valence-electron chi connectivity index (χ2n) is 4.76. The number of rotatable bonds is 3. The predicted octanol–water partition coefficient (Wildman–Crippen LogP) is 0.962. The third kappa shape index (κ3) is 3.10. The molecule has 2 rings (SSSR count). The minimum absolute atomic E-state index is 0.0249. The maximum atomic E-state index is 11.3. The third-order valence-corrected chi connectivity index (χ3v) is 3.49. The number of benzene rings is 1. The van der Waals surface area contributed by atoms with Gasteiger partial charge in [0, 0.05) is 45.2 Å². The highest BCUT2D eigenvalue weighted by molar-refractivity contribution is 5.95. The summed E-state index contributed by atoms with van der Waals surface area (Å²) in [5.74, 6) is -1.17. The number of non-ortho nitro benzene ring substituents is 1. The van der Waals surface area contributed by atoms with Crippen LogP contribution in [0.25, 0.3) is 0 Å². The van der Waals surface area contributed by atoms with Gasteiger partial charge in [0.15, 0.2) is 0 Å². The molecule has 1 N–H and O–H groups in total. The Kier molecular flexibility index (Phi) is 4.06. The summed E-state index contributed by atoms with van der Waals surface area (Å²) in [6, 6.07) is 3.69. The van der Waals surface area contributed by atoms with Crippen molar-refractivity contribution in [2.75, 3.05) is 31.1 Å². The Hall–Kier alpha value is -2.64. The molecule has 8 nitrogen and oxygen atoms in total. The summed E-state index contributed by atoms with van der Waals surface area (Å²) < 4.78 is 0. The van der Waals surface area contributed by atoms with Gasteiger partial charge in [0.2, 0.25) is 5.91 Å². The molecule has 1 aromatic carbocycles. The molecule has 0 spiro atoms. The number of piperazine rings is 1. The smallest absolute Gasteiger partial charge is 0.337 e. The largest absolute Gasteiger partial charge is 0.478 e. The average Bonchev–Trinajstić information content (AvgIpc) is 2.46. The van der Waals surface area contributed by atoms with Crippen LogP contribution in [-0.4, -0.2) is 53.0 Å². The molecule has 1 fully saturated rings.